The second-order valence-electron chi connectivity index (χ2n) is 7.84. The van der Waals surface area contributed by atoms with E-state index in [-0.39, 0.29) is 23.0 Å². The van der Waals surface area contributed by atoms with Crippen molar-refractivity contribution in [1.82, 2.24) is 10.6 Å². The van der Waals surface area contributed by atoms with Gasteiger partial charge in [0.2, 0.25) is 5.91 Å². The molecule has 0 atom stereocenters. The molecule has 2 rings (SSSR count). The number of hydrogen-bond acceptors (Lipinski definition) is 3. The first-order chi connectivity index (χ1) is 11.2. The van der Waals surface area contributed by atoms with Gasteiger partial charge < -0.3 is 15.4 Å². The predicted molar refractivity (Wildman–Crippen MR) is 99.1 cm³/mol. The number of piperidine rings is 1. The van der Waals surface area contributed by atoms with Crippen molar-refractivity contribution in [1.29, 1.82) is 0 Å². The molecule has 1 aliphatic heterocycles. The molecule has 1 aromatic carbocycles. The van der Waals surface area contributed by atoms with Crippen molar-refractivity contribution in [2.45, 2.75) is 64.6 Å². The van der Waals surface area contributed by atoms with Gasteiger partial charge in [0.25, 0.3) is 0 Å². The fourth-order valence-corrected chi connectivity index (χ4v) is 3.69. The van der Waals surface area contributed by atoms with Gasteiger partial charge in [-0.15, -0.1) is 0 Å². The van der Waals surface area contributed by atoms with E-state index in [9.17, 15) is 4.79 Å². The van der Waals surface area contributed by atoms with E-state index in [1.54, 1.807) is 6.08 Å². The van der Waals surface area contributed by atoms with E-state index in [0.717, 1.165) is 24.2 Å². The predicted octanol–water partition coefficient (Wildman–Crippen LogP) is 3.52. The Kier molecular flexibility index (Phi) is 5.70. The van der Waals surface area contributed by atoms with Gasteiger partial charge >= 0.3 is 0 Å². The number of rotatable bonds is 5. The molecule has 0 saturated carbocycles. The van der Waals surface area contributed by atoms with Crippen LogP contribution in [0.3, 0.4) is 0 Å². The molecule has 2 N–H and O–H groups in total. The van der Waals surface area contributed by atoms with Gasteiger partial charge in [0.1, 0.15) is 5.75 Å². The maximum Gasteiger partial charge on any atom is 0.244 e. The average Bonchev–Trinajstić information content (AvgIpc) is 2.43. The quantitative estimate of drug-likeness (QED) is 0.812. The van der Waals surface area contributed by atoms with Crippen LogP contribution in [0.1, 0.15) is 53.0 Å². The summed E-state index contributed by atoms with van der Waals surface area (Å²) < 4.78 is 5.42. The highest BCUT2D eigenvalue weighted by atomic mass is 16.5. The summed E-state index contributed by atoms with van der Waals surface area (Å²) in [5, 5.41) is 6.77. The summed E-state index contributed by atoms with van der Waals surface area (Å²) >= 11 is 0. The highest BCUT2D eigenvalue weighted by Gasteiger charge is 2.37. The normalized spacial score (nSPS) is 20.0. The highest BCUT2D eigenvalue weighted by molar-refractivity contribution is 5.91. The first-order valence-corrected chi connectivity index (χ1v) is 8.70. The second-order valence-corrected chi connectivity index (χ2v) is 7.84. The van der Waals surface area contributed by atoms with E-state index >= 15 is 0 Å². The van der Waals surface area contributed by atoms with Gasteiger partial charge in [-0.05, 0) is 71.2 Å². The minimum Gasteiger partial charge on any atom is -0.494 e. The van der Waals surface area contributed by atoms with Gasteiger partial charge in [-0.2, -0.15) is 0 Å². The Morgan fingerprint density at radius 3 is 2.33 bits per heavy atom. The minimum atomic E-state index is -0.0395. The summed E-state index contributed by atoms with van der Waals surface area (Å²) in [5.74, 6) is 0.806. The molecule has 1 heterocycles. The molecule has 4 nitrogen and oxygen atoms in total. The molecule has 1 amide bonds. The van der Waals surface area contributed by atoms with Crippen molar-refractivity contribution >= 4 is 12.0 Å². The number of amides is 1. The third-order valence-electron chi connectivity index (χ3n) is 4.15. The Balaban J connectivity index is 1.92. The lowest BCUT2D eigenvalue weighted by atomic mass is 9.79. The summed E-state index contributed by atoms with van der Waals surface area (Å²) in [7, 11) is 0. The van der Waals surface area contributed by atoms with E-state index in [1.165, 1.54) is 0 Å². The molecular formula is C20H30N2O2. The van der Waals surface area contributed by atoms with Crippen molar-refractivity contribution < 1.29 is 9.53 Å². The number of benzene rings is 1. The molecule has 1 fully saturated rings. The van der Waals surface area contributed by atoms with Crippen molar-refractivity contribution in [3.8, 4) is 5.75 Å². The van der Waals surface area contributed by atoms with Crippen LogP contribution >= 0.6 is 0 Å². The van der Waals surface area contributed by atoms with Crippen LogP contribution < -0.4 is 15.4 Å². The Hall–Kier alpha value is -1.81. The summed E-state index contributed by atoms with van der Waals surface area (Å²) in [6.45, 7) is 11.3. The molecule has 0 unspecified atom stereocenters. The van der Waals surface area contributed by atoms with Crippen molar-refractivity contribution in [2.24, 2.45) is 0 Å². The summed E-state index contributed by atoms with van der Waals surface area (Å²) in [6, 6.07) is 7.92. The van der Waals surface area contributed by atoms with E-state index in [2.05, 4.69) is 38.3 Å². The van der Waals surface area contributed by atoms with Gasteiger partial charge in [-0.1, -0.05) is 12.1 Å². The molecule has 1 aromatic rings. The fourth-order valence-electron chi connectivity index (χ4n) is 3.69. The first-order valence-electron chi connectivity index (χ1n) is 8.70. The minimum absolute atomic E-state index is 0.0263. The molecule has 0 aliphatic carbocycles. The first kappa shape index (κ1) is 18.5. The molecular weight excluding hydrogens is 300 g/mol. The van der Waals surface area contributed by atoms with Crippen molar-refractivity contribution in [3.05, 3.63) is 35.9 Å². The Morgan fingerprint density at radius 2 is 1.79 bits per heavy atom. The van der Waals surface area contributed by atoms with Gasteiger partial charge in [0.15, 0.2) is 0 Å². The summed E-state index contributed by atoms with van der Waals surface area (Å²) in [5.41, 5.74) is 1.04. The fraction of sp³-hybridized carbons (Fsp3) is 0.550. The second kappa shape index (κ2) is 7.39. The maximum atomic E-state index is 12.2. The molecule has 0 spiro atoms. The van der Waals surface area contributed by atoms with Crippen LogP contribution in [0.2, 0.25) is 0 Å². The zero-order valence-corrected chi connectivity index (χ0v) is 15.5. The van der Waals surface area contributed by atoms with Gasteiger partial charge in [0.05, 0.1) is 6.61 Å². The maximum absolute atomic E-state index is 12.2. The zero-order chi connectivity index (χ0) is 17.8. The Bertz CT molecular complexity index is 572. The van der Waals surface area contributed by atoms with Crippen LogP contribution in [-0.4, -0.2) is 29.6 Å². The lowest BCUT2D eigenvalue weighted by molar-refractivity contribution is -0.117. The average molecular weight is 330 g/mol. The van der Waals surface area contributed by atoms with E-state index in [4.69, 9.17) is 4.74 Å². The van der Waals surface area contributed by atoms with Crippen LogP contribution in [0.25, 0.3) is 6.08 Å². The van der Waals surface area contributed by atoms with Crippen molar-refractivity contribution in [3.63, 3.8) is 0 Å². The molecule has 0 bridgehead atoms. The lowest BCUT2D eigenvalue weighted by Crippen LogP contribution is -2.62. The molecule has 0 aromatic heterocycles. The number of carbonyl (C=O) groups excluding carboxylic acids is 1. The summed E-state index contributed by atoms with van der Waals surface area (Å²) in [6.07, 6.45) is 5.30. The van der Waals surface area contributed by atoms with Crippen LogP contribution in [0.4, 0.5) is 0 Å². The van der Waals surface area contributed by atoms with E-state index in [0.29, 0.717) is 6.61 Å². The monoisotopic (exact) mass is 330 g/mol. The molecule has 1 aliphatic rings. The third-order valence-corrected chi connectivity index (χ3v) is 4.15. The van der Waals surface area contributed by atoms with Crippen LogP contribution in [0.15, 0.2) is 30.3 Å². The molecule has 1 saturated heterocycles. The van der Waals surface area contributed by atoms with Gasteiger partial charge in [0, 0.05) is 23.2 Å². The number of nitrogens with one attached hydrogen (secondary N) is 2. The largest absolute Gasteiger partial charge is 0.494 e. The van der Waals surface area contributed by atoms with Crippen LogP contribution in [-0.2, 0) is 4.79 Å². The third kappa shape index (κ3) is 5.68. The topological polar surface area (TPSA) is 50.4 Å². The number of hydrogen-bond donors (Lipinski definition) is 2. The van der Waals surface area contributed by atoms with Gasteiger partial charge in [-0.25, -0.2) is 0 Å². The molecule has 4 heteroatoms. The summed E-state index contributed by atoms with van der Waals surface area (Å²) in [4.78, 5) is 12.2. The molecule has 132 valence electrons. The molecule has 24 heavy (non-hydrogen) atoms. The number of ether oxygens (including phenoxy) is 1. The van der Waals surface area contributed by atoms with E-state index in [1.807, 2.05) is 37.3 Å². The smallest absolute Gasteiger partial charge is 0.244 e. The zero-order valence-electron chi connectivity index (χ0n) is 15.5. The van der Waals surface area contributed by atoms with Gasteiger partial charge in [-0.3, -0.25) is 4.79 Å². The van der Waals surface area contributed by atoms with Crippen LogP contribution in [0.5, 0.6) is 5.75 Å². The Morgan fingerprint density at radius 1 is 1.21 bits per heavy atom. The lowest BCUT2D eigenvalue weighted by Gasteiger charge is -2.46. The van der Waals surface area contributed by atoms with Crippen molar-refractivity contribution in [2.75, 3.05) is 6.61 Å². The SMILES string of the molecule is CCOc1ccc(/C=C/C(=O)NC2CC(C)(C)NC(C)(C)C2)cc1. The Labute approximate surface area is 145 Å². The highest BCUT2D eigenvalue weighted by Crippen LogP contribution is 2.28. The van der Waals surface area contributed by atoms with Crippen LogP contribution in [0, 0.1) is 0 Å². The number of carbonyl (C=O) groups is 1. The standard InChI is InChI=1S/C20H30N2O2/c1-6-24-17-10-7-15(8-11-17)9-12-18(23)21-16-13-19(2,3)22-20(4,5)14-16/h7-12,16,22H,6,13-14H2,1-5H3,(H,21,23)/b12-9+. The van der Waals surface area contributed by atoms with E-state index < -0.39 is 0 Å². The molecule has 0 radical (unpaired) electrons.